The molecule has 3 aromatic carbocycles. The zero-order valence-electron chi connectivity index (χ0n) is 33.7. The first-order chi connectivity index (χ1) is 27.3. The first kappa shape index (κ1) is 42.2. The van der Waals surface area contributed by atoms with E-state index in [2.05, 4.69) is 50.5 Å². The van der Waals surface area contributed by atoms with Crippen molar-refractivity contribution >= 4 is 39.4 Å². The molecule has 0 spiro atoms. The number of fused-ring (bicyclic) bond motifs is 2. The second kappa shape index (κ2) is 17.6. The van der Waals surface area contributed by atoms with E-state index in [1.54, 1.807) is 40.0 Å². The summed E-state index contributed by atoms with van der Waals surface area (Å²) in [6.45, 7) is 12.0. The van der Waals surface area contributed by atoms with Crippen LogP contribution in [-0.4, -0.2) is 77.4 Å². The Morgan fingerprint density at radius 1 is 0.982 bits per heavy atom. The number of benzene rings is 3. The van der Waals surface area contributed by atoms with Gasteiger partial charge in [0, 0.05) is 0 Å². The summed E-state index contributed by atoms with van der Waals surface area (Å²) in [6.07, 6.45) is 0.346. The molecule has 0 aromatic heterocycles. The van der Waals surface area contributed by atoms with E-state index >= 15 is 0 Å². The molecule has 0 unspecified atom stereocenters. The zero-order valence-corrected chi connectivity index (χ0v) is 36.4. The van der Waals surface area contributed by atoms with Crippen LogP contribution in [0.5, 0.6) is 11.5 Å². The second-order valence-electron chi connectivity index (χ2n) is 15.5. The second-order valence-corrected chi connectivity index (χ2v) is 22.9. The minimum atomic E-state index is -2.39. The van der Waals surface area contributed by atoms with Gasteiger partial charge in [-0.05, 0) is 0 Å². The first-order valence-electron chi connectivity index (χ1n) is 19.5. The maximum absolute atomic E-state index is 13.1. The molecule has 2 aliphatic carbocycles. The van der Waals surface area contributed by atoms with Gasteiger partial charge < -0.3 is 4.74 Å². The summed E-state index contributed by atoms with van der Waals surface area (Å²) in [5, 5.41) is 12.1. The molecule has 3 aliphatic rings. The number of nitro benzene ring substituents is 1. The average Bonchev–Trinajstić information content (AvgIpc) is 3.80. The van der Waals surface area contributed by atoms with Crippen LogP contribution in [0.2, 0.25) is 22.9 Å². The van der Waals surface area contributed by atoms with Crippen LogP contribution in [0.1, 0.15) is 53.5 Å². The van der Waals surface area contributed by atoms with Crippen molar-refractivity contribution in [3.63, 3.8) is 0 Å². The Morgan fingerprint density at radius 3 is 2.32 bits per heavy atom. The SMILES string of the molecule is CC[Si](CC)(CC)O[C@]12C[C@@H]([Se]c3ccccc3[N+](=O)[O-])C=C1C#C[C@]1([C@H](COC(=O)C(C)(C)C)OCc3ccc(OC)cc3)O[C@@H]1C#C[C@H]2Oc1ccccc1. The molecule has 3 aromatic rings. The van der Waals surface area contributed by atoms with Crippen molar-refractivity contribution in [1.82, 2.24) is 0 Å². The molecule has 6 atom stereocenters. The molecule has 6 rings (SSSR count). The zero-order chi connectivity index (χ0) is 40.8. The van der Waals surface area contributed by atoms with Crippen molar-refractivity contribution < 1.29 is 37.8 Å². The molecule has 10 nitrogen and oxygen atoms in total. The minimum absolute atomic E-state index is 0.101. The Labute approximate surface area is 343 Å². The van der Waals surface area contributed by atoms with Gasteiger partial charge in [-0.15, -0.1) is 0 Å². The molecule has 1 saturated heterocycles. The third-order valence-corrected chi connectivity index (χ3v) is 18.0. The van der Waals surface area contributed by atoms with E-state index < -0.39 is 43.2 Å². The Bertz CT molecular complexity index is 2070. The summed E-state index contributed by atoms with van der Waals surface area (Å²) in [5.74, 6) is 14.8. The summed E-state index contributed by atoms with van der Waals surface area (Å²) < 4.78 is 39.4. The predicted octanol–water partition coefficient (Wildman–Crippen LogP) is 7.59. The quantitative estimate of drug-likeness (QED) is 0.0338. The number of carbonyl (C=O) groups is 1. The fourth-order valence-electron chi connectivity index (χ4n) is 7.13. The van der Waals surface area contributed by atoms with Crippen molar-refractivity contribution in [2.75, 3.05) is 13.7 Å². The number of hydrogen-bond donors (Lipinski definition) is 0. The van der Waals surface area contributed by atoms with Crippen molar-refractivity contribution in [2.45, 2.75) is 107 Å². The number of nitrogens with zero attached hydrogens (tertiary/aromatic N) is 1. The van der Waals surface area contributed by atoms with Gasteiger partial charge in [-0.2, -0.15) is 0 Å². The van der Waals surface area contributed by atoms with Gasteiger partial charge >= 0.3 is 327 Å². The molecular formula is C45H51NO9SeSi. The summed E-state index contributed by atoms with van der Waals surface area (Å²) in [7, 11) is -0.776. The molecule has 1 fully saturated rings. The molecule has 0 saturated carbocycles. The van der Waals surface area contributed by atoms with Gasteiger partial charge in [0.1, 0.15) is 5.75 Å². The van der Waals surface area contributed by atoms with E-state index in [1.165, 1.54) is 0 Å². The van der Waals surface area contributed by atoms with Crippen LogP contribution in [0, 0.1) is 39.2 Å². The van der Waals surface area contributed by atoms with Gasteiger partial charge in [0.15, 0.2) is 0 Å². The van der Waals surface area contributed by atoms with E-state index in [1.807, 2.05) is 66.7 Å². The normalized spacial score (nSPS) is 24.0. The Balaban J connectivity index is 1.47. The molecule has 0 N–H and O–H groups in total. The Hall–Kier alpha value is -4.39. The average molecular weight is 857 g/mol. The van der Waals surface area contributed by atoms with E-state index in [0.29, 0.717) is 22.2 Å². The number of ether oxygens (including phenoxy) is 5. The van der Waals surface area contributed by atoms with Gasteiger partial charge in [0.25, 0.3) is 0 Å². The molecule has 1 aliphatic heterocycles. The molecule has 0 amide bonds. The van der Waals surface area contributed by atoms with Crippen LogP contribution in [0.4, 0.5) is 5.69 Å². The Kier molecular flexibility index (Phi) is 13.1. The third kappa shape index (κ3) is 9.34. The number of methoxy groups -OCH3 is 1. The molecule has 57 heavy (non-hydrogen) atoms. The van der Waals surface area contributed by atoms with Crippen LogP contribution < -0.4 is 13.9 Å². The molecule has 0 radical (unpaired) electrons. The van der Waals surface area contributed by atoms with Crippen LogP contribution in [0.15, 0.2) is 90.5 Å². The molecule has 12 heteroatoms. The van der Waals surface area contributed by atoms with Gasteiger partial charge in [-0.1, -0.05) is 0 Å². The molecular weight excluding hydrogens is 806 g/mol. The van der Waals surface area contributed by atoms with E-state index in [4.69, 9.17) is 28.1 Å². The molecule has 300 valence electrons. The number of para-hydroxylation sites is 2. The van der Waals surface area contributed by atoms with Gasteiger partial charge in [0.05, 0.1) is 7.11 Å². The summed E-state index contributed by atoms with van der Waals surface area (Å²) in [5.41, 5.74) is -1.34. The van der Waals surface area contributed by atoms with E-state index in [-0.39, 0.29) is 49.6 Å². The topological polar surface area (TPSA) is 119 Å². The summed E-state index contributed by atoms with van der Waals surface area (Å²) in [6, 6.07) is 26.7. The van der Waals surface area contributed by atoms with Crippen LogP contribution in [-0.2, 0) is 30.0 Å². The summed E-state index contributed by atoms with van der Waals surface area (Å²) in [4.78, 5) is 24.8. The van der Waals surface area contributed by atoms with Crippen LogP contribution in [0.25, 0.3) is 0 Å². The monoisotopic (exact) mass is 857 g/mol. The number of hydrogen-bond acceptors (Lipinski definition) is 9. The van der Waals surface area contributed by atoms with Crippen molar-refractivity contribution in [3.05, 3.63) is 106 Å². The number of rotatable bonds is 17. The predicted molar refractivity (Wildman–Crippen MR) is 222 cm³/mol. The van der Waals surface area contributed by atoms with E-state index in [9.17, 15) is 14.9 Å². The number of esters is 1. The van der Waals surface area contributed by atoms with Crippen LogP contribution >= 0.6 is 0 Å². The standard InChI is InChI=1S/C45H51NO9SeSi/c1-8-57(9-2,10-3)55-45-29-36(56-38-19-15-14-18-37(38)46(48)49)28-33(45)26-27-44(40(54-44)25-24-39(45)53-35-16-12-11-13-17-35)41(31-52-42(47)43(4,5)6)51-30-32-20-22-34(50-7)23-21-32/h11-23,28,36,39-41H,8-10,29-31H2,1-7H3/t36-,39+,40+,41-,44-,45+/m0/s1. The number of nitro groups is 1. The van der Waals surface area contributed by atoms with Gasteiger partial charge in [0.2, 0.25) is 0 Å². The molecule has 1 heterocycles. The fraction of sp³-hybridized carbons (Fsp3) is 0.444. The summed E-state index contributed by atoms with van der Waals surface area (Å²) >= 11 is -0.354. The fourth-order valence-corrected chi connectivity index (χ4v) is 12.8. The molecule has 0 bridgehead atoms. The number of allylic oxidation sites excluding steroid dienone is 1. The number of carbonyl (C=O) groups excluding carboxylic acids is 1. The van der Waals surface area contributed by atoms with Gasteiger partial charge in [-0.3, -0.25) is 0 Å². The van der Waals surface area contributed by atoms with Crippen molar-refractivity contribution in [1.29, 1.82) is 0 Å². The van der Waals surface area contributed by atoms with E-state index in [0.717, 1.165) is 29.4 Å². The van der Waals surface area contributed by atoms with Crippen molar-refractivity contribution in [2.24, 2.45) is 5.41 Å². The Morgan fingerprint density at radius 2 is 1.67 bits per heavy atom. The third-order valence-electron chi connectivity index (χ3n) is 10.9. The van der Waals surface area contributed by atoms with Crippen LogP contribution in [0.3, 0.4) is 0 Å². The first-order valence-corrected chi connectivity index (χ1v) is 23.9. The maximum atomic E-state index is 13.1. The number of epoxide rings is 1. The van der Waals surface area contributed by atoms with Gasteiger partial charge in [-0.25, -0.2) is 0 Å². The van der Waals surface area contributed by atoms with Crippen molar-refractivity contribution in [3.8, 4) is 35.2 Å².